The van der Waals surface area contributed by atoms with Crippen molar-refractivity contribution in [2.45, 2.75) is 51.7 Å². The highest BCUT2D eigenvalue weighted by Gasteiger charge is 2.27. The van der Waals surface area contributed by atoms with E-state index in [1.807, 2.05) is 38.1 Å². The first-order valence-corrected chi connectivity index (χ1v) is 11.0. The van der Waals surface area contributed by atoms with Gasteiger partial charge in [0.25, 0.3) is 0 Å². The molecule has 0 aromatic heterocycles. The van der Waals surface area contributed by atoms with Gasteiger partial charge in [0.1, 0.15) is 5.75 Å². The largest absolute Gasteiger partial charge is 0.494 e. The lowest BCUT2D eigenvalue weighted by Crippen LogP contribution is -2.39. The monoisotopic (exact) mass is 421 g/mol. The summed E-state index contributed by atoms with van der Waals surface area (Å²) in [4.78, 5) is 0. The predicted octanol–water partition coefficient (Wildman–Crippen LogP) is 6.70. The van der Waals surface area contributed by atoms with E-state index in [0.29, 0.717) is 17.2 Å². The Labute approximate surface area is 184 Å². The summed E-state index contributed by atoms with van der Waals surface area (Å²) in [5.41, 5.74) is 2.08. The number of hydrogen-bond acceptors (Lipinski definition) is 6. The zero-order valence-corrected chi connectivity index (χ0v) is 18.4. The van der Waals surface area contributed by atoms with Crippen LogP contribution in [-0.2, 0) is 9.47 Å². The summed E-state index contributed by atoms with van der Waals surface area (Å²) >= 11 is 0. The van der Waals surface area contributed by atoms with E-state index in [2.05, 4.69) is 16.3 Å². The van der Waals surface area contributed by atoms with Gasteiger partial charge in [0.2, 0.25) is 0 Å². The summed E-state index contributed by atoms with van der Waals surface area (Å²) in [6.07, 6.45) is 5.78. The molecule has 164 valence electrons. The van der Waals surface area contributed by atoms with Crippen molar-refractivity contribution in [2.24, 2.45) is 16.1 Å². The van der Waals surface area contributed by atoms with E-state index in [9.17, 15) is 0 Å². The van der Waals surface area contributed by atoms with Gasteiger partial charge in [0.15, 0.2) is 5.79 Å². The van der Waals surface area contributed by atoms with Crippen molar-refractivity contribution >= 4 is 11.4 Å². The Balaban J connectivity index is 1.27. The SMILES string of the molecule is CC1(C)OCC(CCCCCCOc2ccc(N=Nc3ccc(C#N)cc3)cc2)CO1. The molecular weight excluding hydrogens is 390 g/mol. The molecule has 0 unspecified atom stereocenters. The Hall–Kier alpha value is -2.75. The van der Waals surface area contributed by atoms with E-state index in [0.717, 1.165) is 50.5 Å². The average molecular weight is 422 g/mol. The fourth-order valence-corrected chi connectivity index (χ4v) is 3.30. The molecule has 2 aromatic rings. The standard InChI is InChI=1S/C25H31N3O3/c1-25(2)30-18-21(19-31-25)7-5-3-4-6-16-29-24-14-12-23(13-15-24)28-27-22-10-8-20(17-26)9-11-22/h8-15,21H,3-7,16,18-19H2,1-2H3. The first kappa shape index (κ1) is 22.9. The third-order valence-electron chi connectivity index (χ3n) is 5.22. The number of hydrogen-bond donors (Lipinski definition) is 0. The van der Waals surface area contributed by atoms with Crippen molar-refractivity contribution in [1.29, 1.82) is 5.26 Å². The normalized spacial score (nSPS) is 16.3. The lowest BCUT2D eigenvalue weighted by molar-refractivity contribution is -0.262. The molecule has 0 atom stereocenters. The van der Waals surface area contributed by atoms with Crippen LogP contribution >= 0.6 is 0 Å². The molecule has 2 aromatic carbocycles. The Morgan fingerprint density at radius 3 is 2.10 bits per heavy atom. The molecule has 6 heteroatoms. The molecule has 1 aliphatic heterocycles. The molecule has 0 saturated carbocycles. The van der Waals surface area contributed by atoms with Crippen LogP contribution in [0.4, 0.5) is 11.4 Å². The van der Waals surface area contributed by atoms with Gasteiger partial charge in [0.05, 0.1) is 42.8 Å². The first-order chi connectivity index (χ1) is 15.0. The van der Waals surface area contributed by atoms with Crippen LogP contribution in [0.1, 0.15) is 51.5 Å². The van der Waals surface area contributed by atoms with Crippen LogP contribution in [0.3, 0.4) is 0 Å². The summed E-state index contributed by atoms with van der Waals surface area (Å²) < 4.78 is 17.2. The maximum Gasteiger partial charge on any atom is 0.162 e. The topological polar surface area (TPSA) is 76.2 Å². The maximum atomic E-state index is 8.82. The van der Waals surface area contributed by atoms with Crippen molar-refractivity contribution in [2.75, 3.05) is 19.8 Å². The van der Waals surface area contributed by atoms with Gasteiger partial charge in [-0.1, -0.05) is 19.3 Å². The third kappa shape index (κ3) is 8.12. The van der Waals surface area contributed by atoms with Crippen LogP contribution in [0.15, 0.2) is 58.8 Å². The molecule has 1 fully saturated rings. The Bertz CT molecular complexity index is 860. The molecule has 0 N–H and O–H groups in total. The number of azo groups is 1. The van der Waals surface area contributed by atoms with Gasteiger partial charge in [0, 0.05) is 5.92 Å². The fraction of sp³-hybridized carbons (Fsp3) is 0.480. The van der Waals surface area contributed by atoms with E-state index < -0.39 is 5.79 Å². The second kappa shape index (κ2) is 11.6. The van der Waals surface area contributed by atoms with Crippen molar-refractivity contribution in [3.63, 3.8) is 0 Å². The zero-order valence-electron chi connectivity index (χ0n) is 18.4. The molecule has 1 saturated heterocycles. The molecule has 0 amide bonds. The predicted molar refractivity (Wildman–Crippen MR) is 120 cm³/mol. The second-order valence-electron chi connectivity index (χ2n) is 8.29. The summed E-state index contributed by atoms with van der Waals surface area (Å²) in [5, 5.41) is 17.2. The van der Waals surface area contributed by atoms with Gasteiger partial charge >= 0.3 is 0 Å². The molecule has 3 rings (SSSR count). The molecule has 1 aliphatic rings. The highest BCUT2D eigenvalue weighted by molar-refractivity contribution is 5.44. The molecule has 31 heavy (non-hydrogen) atoms. The fourth-order valence-electron chi connectivity index (χ4n) is 3.30. The van der Waals surface area contributed by atoms with Gasteiger partial charge in [-0.25, -0.2) is 0 Å². The van der Waals surface area contributed by atoms with Gasteiger partial charge in [-0.05, 0) is 75.2 Å². The molecule has 1 heterocycles. The molecule has 0 bridgehead atoms. The number of nitrogens with zero attached hydrogens (tertiary/aromatic N) is 3. The number of ether oxygens (including phenoxy) is 3. The minimum absolute atomic E-state index is 0.417. The quantitative estimate of drug-likeness (QED) is 0.316. The van der Waals surface area contributed by atoms with Crippen LogP contribution in [0.25, 0.3) is 0 Å². The first-order valence-electron chi connectivity index (χ1n) is 11.0. The summed E-state index contributed by atoms with van der Waals surface area (Å²) in [6.45, 7) is 6.27. The highest BCUT2D eigenvalue weighted by atomic mass is 16.7. The van der Waals surface area contributed by atoms with E-state index >= 15 is 0 Å². The molecule has 0 spiro atoms. The minimum Gasteiger partial charge on any atom is -0.494 e. The molecular formula is C25H31N3O3. The van der Waals surface area contributed by atoms with Crippen LogP contribution in [0.5, 0.6) is 5.75 Å². The lowest BCUT2D eigenvalue weighted by atomic mass is 10.0. The number of nitriles is 1. The minimum atomic E-state index is -0.417. The van der Waals surface area contributed by atoms with Crippen LogP contribution in [0, 0.1) is 17.2 Å². The van der Waals surface area contributed by atoms with Gasteiger partial charge in [-0.3, -0.25) is 0 Å². The number of rotatable bonds is 10. The van der Waals surface area contributed by atoms with Crippen LogP contribution in [-0.4, -0.2) is 25.6 Å². The van der Waals surface area contributed by atoms with Crippen molar-refractivity contribution in [3.05, 3.63) is 54.1 Å². The molecule has 0 aliphatic carbocycles. The average Bonchev–Trinajstić information content (AvgIpc) is 2.79. The smallest absolute Gasteiger partial charge is 0.162 e. The summed E-state index contributed by atoms with van der Waals surface area (Å²) in [5.74, 6) is 0.952. The van der Waals surface area contributed by atoms with Crippen LogP contribution < -0.4 is 4.74 Å². The third-order valence-corrected chi connectivity index (χ3v) is 5.22. The Morgan fingerprint density at radius 1 is 0.903 bits per heavy atom. The Kier molecular flexibility index (Phi) is 8.57. The van der Waals surface area contributed by atoms with Gasteiger partial charge in [-0.2, -0.15) is 15.5 Å². The molecule has 0 radical (unpaired) electrons. The zero-order chi connectivity index (χ0) is 21.9. The van der Waals surface area contributed by atoms with E-state index in [1.165, 1.54) is 12.8 Å². The van der Waals surface area contributed by atoms with E-state index in [-0.39, 0.29) is 0 Å². The summed E-state index contributed by atoms with van der Waals surface area (Å²) in [6, 6.07) is 16.7. The number of benzene rings is 2. The van der Waals surface area contributed by atoms with Crippen molar-refractivity contribution < 1.29 is 14.2 Å². The number of unbranched alkanes of at least 4 members (excludes halogenated alkanes) is 3. The van der Waals surface area contributed by atoms with Gasteiger partial charge in [-0.15, -0.1) is 0 Å². The molecule has 6 nitrogen and oxygen atoms in total. The lowest BCUT2D eigenvalue weighted by Gasteiger charge is -2.35. The van der Waals surface area contributed by atoms with Gasteiger partial charge < -0.3 is 14.2 Å². The Morgan fingerprint density at radius 2 is 1.48 bits per heavy atom. The van der Waals surface area contributed by atoms with E-state index in [1.54, 1.807) is 24.3 Å². The van der Waals surface area contributed by atoms with Crippen molar-refractivity contribution in [3.8, 4) is 11.8 Å². The second-order valence-corrected chi connectivity index (χ2v) is 8.29. The van der Waals surface area contributed by atoms with Crippen molar-refractivity contribution in [1.82, 2.24) is 0 Å². The summed E-state index contributed by atoms with van der Waals surface area (Å²) in [7, 11) is 0. The highest BCUT2D eigenvalue weighted by Crippen LogP contribution is 2.24. The maximum absolute atomic E-state index is 8.82. The van der Waals surface area contributed by atoms with Crippen LogP contribution in [0.2, 0.25) is 0 Å². The van der Waals surface area contributed by atoms with E-state index in [4.69, 9.17) is 19.5 Å².